The van der Waals surface area contributed by atoms with E-state index in [0.717, 1.165) is 5.92 Å². The molecule has 2 nitrogen and oxygen atoms in total. The van der Waals surface area contributed by atoms with E-state index in [1.807, 2.05) is 13.0 Å². The third kappa shape index (κ3) is 3.05. The Hall–Kier alpha value is -0.860. The lowest BCUT2D eigenvalue weighted by molar-refractivity contribution is 0.184. The summed E-state index contributed by atoms with van der Waals surface area (Å²) in [5.41, 5.74) is 1.35. The van der Waals surface area contributed by atoms with Gasteiger partial charge in [0.1, 0.15) is 0 Å². The molecule has 1 aromatic carbocycles. The minimum absolute atomic E-state index is 0.269. The molecule has 0 aromatic heterocycles. The molecule has 0 unspecified atom stereocenters. The molecule has 0 radical (unpaired) electrons. The average molecular weight is 205 g/mol. The zero-order valence-corrected chi connectivity index (χ0v) is 9.19. The average Bonchev–Trinajstić information content (AvgIpc) is 3.03. The van der Waals surface area contributed by atoms with Crippen LogP contribution in [0.2, 0.25) is 0 Å². The lowest BCUT2D eigenvalue weighted by atomic mass is 10.0. The summed E-state index contributed by atoms with van der Waals surface area (Å²) >= 11 is 0. The van der Waals surface area contributed by atoms with Crippen LogP contribution in [-0.2, 0) is 0 Å². The second-order valence-corrected chi connectivity index (χ2v) is 4.48. The lowest BCUT2D eigenvalue weighted by Crippen LogP contribution is -2.29. The summed E-state index contributed by atoms with van der Waals surface area (Å²) in [6.45, 7) is 2.50. The van der Waals surface area contributed by atoms with Crippen LogP contribution >= 0.6 is 0 Å². The quantitative estimate of drug-likeness (QED) is 0.771. The monoisotopic (exact) mass is 205 g/mol. The Bertz CT molecular complexity index is 293. The molecule has 0 spiro atoms. The van der Waals surface area contributed by atoms with Gasteiger partial charge in [-0.15, -0.1) is 0 Å². The van der Waals surface area contributed by atoms with Gasteiger partial charge in [-0.05, 0) is 31.2 Å². The van der Waals surface area contributed by atoms with Crippen molar-refractivity contribution >= 4 is 0 Å². The first-order valence-electron chi connectivity index (χ1n) is 5.74. The van der Waals surface area contributed by atoms with E-state index >= 15 is 0 Å². The second kappa shape index (κ2) is 4.77. The number of aliphatic hydroxyl groups excluding tert-OH is 1. The molecule has 0 heterocycles. The van der Waals surface area contributed by atoms with Crippen LogP contribution in [0, 0.1) is 5.92 Å². The summed E-state index contributed by atoms with van der Waals surface area (Å²) in [5.74, 6) is 0.770. The molecule has 0 saturated heterocycles. The van der Waals surface area contributed by atoms with Crippen LogP contribution in [0.3, 0.4) is 0 Å². The number of aliphatic hydroxyl groups is 1. The van der Waals surface area contributed by atoms with Gasteiger partial charge in [0.2, 0.25) is 0 Å². The molecule has 15 heavy (non-hydrogen) atoms. The molecule has 0 bridgehead atoms. The summed E-state index contributed by atoms with van der Waals surface area (Å²) in [4.78, 5) is 0. The number of nitrogens with one attached hydrogen (secondary N) is 1. The Morgan fingerprint density at radius 2 is 2.00 bits per heavy atom. The van der Waals surface area contributed by atoms with Crippen molar-refractivity contribution in [1.29, 1.82) is 0 Å². The fourth-order valence-electron chi connectivity index (χ4n) is 1.94. The topological polar surface area (TPSA) is 32.3 Å². The highest BCUT2D eigenvalue weighted by molar-refractivity contribution is 5.21. The number of rotatable bonds is 5. The van der Waals surface area contributed by atoms with Crippen molar-refractivity contribution in [3.8, 4) is 0 Å². The van der Waals surface area contributed by atoms with Crippen LogP contribution in [-0.4, -0.2) is 17.8 Å². The van der Waals surface area contributed by atoms with Gasteiger partial charge in [-0.1, -0.05) is 30.3 Å². The van der Waals surface area contributed by atoms with Gasteiger partial charge < -0.3 is 10.4 Å². The van der Waals surface area contributed by atoms with Crippen molar-refractivity contribution in [3.63, 3.8) is 0 Å². The van der Waals surface area contributed by atoms with Crippen molar-refractivity contribution in [2.75, 3.05) is 6.54 Å². The minimum atomic E-state index is -0.269. The highest BCUT2D eigenvalue weighted by Gasteiger charge is 2.31. The first-order valence-corrected chi connectivity index (χ1v) is 5.74. The highest BCUT2D eigenvalue weighted by Crippen LogP contribution is 2.40. The predicted molar refractivity (Wildman–Crippen MR) is 61.6 cm³/mol. The Morgan fingerprint density at radius 1 is 1.33 bits per heavy atom. The van der Waals surface area contributed by atoms with E-state index in [0.29, 0.717) is 12.6 Å². The van der Waals surface area contributed by atoms with Crippen LogP contribution in [0.1, 0.15) is 31.4 Å². The Balaban J connectivity index is 2.00. The standard InChI is InChI=1S/C13H19NO/c1-10(15)9-14-13(12-7-8-12)11-5-3-2-4-6-11/h2-6,10,12-15H,7-9H2,1H3/t10-,13+/m1/s1. The van der Waals surface area contributed by atoms with Crippen LogP contribution in [0.25, 0.3) is 0 Å². The van der Waals surface area contributed by atoms with Crippen molar-refractivity contribution in [3.05, 3.63) is 35.9 Å². The smallest absolute Gasteiger partial charge is 0.0636 e. The summed E-state index contributed by atoms with van der Waals surface area (Å²) in [6, 6.07) is 11.0. The van der Waals surface area contributed by atoms with Crippen LogP contribution in [0.15, 0.2) is 30.3 Å². The van der Waals surface area contributed by atoms with Gasteiger partial charge >= 0.3 is 0 Å². The Kier molecular flexibility index (Phi) is 3.39. The maximum atomic E-state index is 9.29. The third-order valence-electron chi connectivity index (χ3n) is 2.89. The zero-order chi connectivity index (χ0) is 10.7. The highest BCUT2D eigenvalue weighted by atomic mass is 16.3. The fourth-order valence-corrected chi connectivity index (χ4v) is 1.94. The number of hydrogen-bond acceptors (Lipinski definition) is 2. The van der Waals surface area contributed by atoms with Gasteiger partial charge in [-0.25, -0.2) is 0 Å². The lowest BCUT2D eigenvalue weighted by Gasteiger charge is -2.19. The minimum Gasteiger partial charge on any atom is -0.392 e. The first kappa shape index (κ1) is 10.7. The van der Waals surface area contributed by atoms with Gasteiger partial charge in [0.05, 0.1) is 6.10 Å². The van der Waals surface area contributed by atoms with Crippen LogP contribution < -0.4 is 5.32 Å². The summed E-state index contributed by atoms with van der Waals surface area (Å²) in [6.07, 6.45) is 2.36. The van der Waals surface area contributed by atoms with Crippen molar-refractivity contribution in [2.24, 2.45) is 5.92 Å². The van der Waals surface area contributed by atoms with Gasteiger partial charge in [-0.2, -0.15) is 0 Å². The zero-order valence-electron chi connectivity index (χ0n) is 9.19. The van der Waals surface area contributed by atoms with Gasteiger partial charge in [0.25, 0.3) is 0 Å². The maximum absolute atomic E-state index is 9.29. The number of hydrogen-bond donors (Lipinski definition) is 2. The molecule has 0 amide bonds. The molecule has 1 aliphatic carbocycles. The molecule has 1 aliphatic rings. The van der Waals surface area contributed by atoms with Crippen molar-refractivity contribution in [1.82, 2.24) is 5.32 Å². The molecule has 1 fully saturated rings. The van der Waals surface area contributed by atoms with E-state index in [2.05, 4.69) is 29.6 Å². The molecule has 2 rings (SSSR count). The van der Waals surface area contributed by atoms with Crippen molar-refractivity contribution < 1.29 is 5.11 Å². The molecule has 82 valence electrons. The van der Waals surface area contributed by atoms with E-state index < -0.39 is 0 Å². The molecule has 1 saturated carbocycles. The normalized spacial score (nSPS) is 19.9. The predicted octanol–water partition coefficient (Wildman–Crippen LogP) is 2.11. The fraction of sp³-hybridized carbons (Fsp3) is 0.538. The van der Waals surface area contributed by atoms with E-state index in [1.54, 1.807) is 0 Å². The van der Waals surface area contributed by atoms with Crippen LogP contribution in [0.5, 0.6) is 0 Å². The molecule has 2 atom stereocenters. The van der Waals surface area contributed by atoms with Crippen molar-refractivity contribution in [2.45, 2.75) is 31.9 Å². The molecule has 1 aromatic rings. The number of benzene rings is 1. The SMILES string of the molecule is C[C@@H](O)CN[C@@H](c1ccccc1)C1CC1. The summed E-state index contributed by atoms with van der Waals surface area (Å²) in [5, 5.41) is 12.7. The molecular formula is C13H19NO. The first-order chi connectivity index (χ1) is 7.27. The van der Waals surface area contributed by atoms with E-state index in [4.69, 9.17) is 0 Å². The van der Waals surface area contributed by atoms with Gasteiger partial charge in [0.15, 0.2) is 0 Å². The largest absolute Gasteiger partial charge is 0.392 e. The molecular weight excluding hydrogens is 186 g/mol. The molecule has 2 N–H and O–H groups in total. The second-order valence-electron chi connectivity index (χ2n) is 4.48. The van der Waals surface area contributed by atoms with Crippen LogP contribution in [0.4, 0.5) is 0 Å². The van der Waals surface area contributed by atoms with E-state index in [9.17, 15) is 5.11 Å². The molecule has 0 aliphatic heterocycles. The van der Waals surface area contributed by atoms with E-state index in [-0.39, 0.29) is 6.10 Å². The van der Waals surface area contributed by atoms with Gasteiger partial charge in [-0.3, -0.25) is 0 Å². The molecule has 2 heteroatoms. The summed E-state index contributed by atoms with van der Waals surface area (Å²) < 4.78 is 0. The Labute approximate surface area is 91.3 Å². The van der Waals surface area contributed by atoms with Gasteiger partial charge in [0, 0.05) is 12.6 Å². The maximum Gasteiger partial charge on any atom is 0.0636 e. The summed E-state index contributed by atoms with van der Waals surface area (Å²) in [7, 11) is 0. The Morgan fingerprint density at radius 3 is 2.53 bits per heavy atom. The van der Waals surface area contributed by atoms with E-state index in [1.165, 1.54) is 18.4 Å². The third-order valence-corrected chi connectivity index (χ3v) is 2.89.